The first-order valence-corrected chi connectivity index (χ1v) is 6.74. The molecular formula is C15H12O4S. The molecule has 0 amide bonds. The van der Waals surface area contributed by atoms with E-state index in [4.69, 9.17) is 5.11 Å². The first-order chi connectivity index (χ1) is 9.59. The zero-order chi connectivity index (χ0) is 14.5. The molecule has 2 rings (SSSR count). The number of rotatable bonds is 5. The van der Waals surface area contributed by atoms with E-state index in [-0.39, 0.29) is 5.56 Å². The van der Waals surface area contributed by atoms with Gasteiger partial charge in [0.25, 0.3) is 0 Å². The zero-order valence-corrected chi connectivity index (χ0v) is 11.2. The van der Waals surface area contributed by atoms with E-state index in [1.165, 1.54) is 12.1 Å². The maximum absolute atomic E-state index is 11.5. The number of carboxylic acid groups (broad SMARTS) is 2. The smallest absolute Gasteiger partial charge is 0.336 e. The summed E-state index contributed by atoms with van der Waals surface area (Å²) >= 11 is 1.12. The zero-order valence-electron chi connectivity index (χ0n) is 10.4. The molecule has 2 aromatic rings. The topological polar surface area (TPSA) is 74.6 Å². The molecular weight excluding hydrogens is 276 g/mol. The average molecular weight is 288 g/mol. The van der Waals surface area contributed by atoms with Crippen molar-refractivity contribution < 1.29 is 19.8 Å². The molecule has 0 saturated carbocycles. The van der Waals surface area contributed by atoms with Crippen LogP contribution in [0.15, 0.2) is 59.5 Å². The summed E-state index contributed by atoms with van der Waals surface area (Å²) in [6.07, 6.45) is 0. The molecule has 0 aliphatic rings. The first-order valence-electron chi connectivity index (χ1n) is 5.86. The van der Waals surface area contributed by atoms with Crippen molar-refractivity contribution in [3.63, 3.8) is 0 Å². The summed E-state index contributed by atoms with van der Waals surface area (Å²) in [7, 11) is 0. The highest BCUT2D eigenvalue weighted by atomic mass is 32.2. The normalized spacial score (nSPS) is 11.8. The summed E-state index contributed by atoms with van der Waals surface area (Å²) in [5, 5.41) is 17.6. The standard InChI is InChI=1S/C15H12O4S/c16-14(17)12-9-5-4-8-11(12)13(15(18)19)20-10-6-2-1-3-7-10/h1-9,13H,(H,16,17)(H,18,19). The van der Waals surface area contributed by atoms with Crippen LogP contribution in [0.2, 0.25) is 0 Å². The molecule has 0 spiro atoms. The molecule has 0 bridgehead atoms. The third-order valence-electron chi connectivity index (χ3n) is 2.70. The van der Waals surface area contributed by atoms with E-state index in [0.29, 0.717) is 5.56 Å². The molecule has 1 atom stereocenters. The van der Waals surface area contributed by atoms with Crippen LogP contribution >= 0.6 is 11.8 Å². The van der Waals surface area contributed by atoms with Gasteiger partial charge in [-0.05, 0) is 23.8 Å². The van der Waals surface area contributed by atoms with Crippen LogP contribution in [0.4, 0.5) is 0 Å². The summed E-state index contributed by atoms with van der Waals surface area (Å²) in [4.78, 5) is 23.4. The molecule has 1 unspecified atom stereocenters. The lowest BCUT2D eigenvalue weighted by Gasteiger charge is -2.14. The van der Waals surface area contributed by atoms with Gasteiger partial charge in [0.1, 0.15) is 5.25 Å². The van der Waals surface area contributed by atoms with E-state index in [9.17, 15) is 14.7 Å². The van der Waals surface area contributed by atoms with Crippen molar-refractivity contribution in [2.24, 2.45) is 0 Å². The molecule has 0 radical (unpaired) electrons. The molecule has 0 aromatic heterocycles. The van der Waals surface area contributed by atoms with Gasteiger partial charge in [-0.25, -0.2) is 4.79 Å². The summed E-state index contributed by atoms with van der Waals surface area (Å²) < 4.78 is 0. The predicted octanol–water partition coefficient (Wildman–Crippen LogP) is 3.30. The van der Waals surface area contributed by atoms with E-state index >= 15 is 0 Å². The van der Waals surface area contributed by atoms with Gasteiger partial charge in [0.05, 0.1) is 5.56 Å². The van der Waals surface area contributed by atoms with E-state index in [0.717, 1.165) is 16.7 Å². The van der Waals surface area contributed by atoms with Gasteiger partial charge in [-0.1, -0.05) is 36.4 Å². The van der Waals surface area contributed by atoms with Gasteiger partial charge in [-0.3, -0.25) is 4.79 Å². The number of aromatic carboxylic acids is 1. The number of thioether (sulfide) groups is 1. The average Bonchev–Trinajstić information content (AvgIpc) is 2.45. The lowest BCUT2D eigenvalue weighted by molar-refractivity contribution is -0.136. The molecule has 0 heterocycles. The number of hydrogen-bond donors (Lipinski definition) is 2. The second-order valence-electron chi connectivity index (χ2n) is 4.04. The van der Waals surface area contributed by atoms with Crippen LogP contribution in [0.25, 0.3) is 0 Å². The minimum Gasteiger partial charge on any atom is -0.480 e. The van der Waals surface area contributed by atoms with Crippen molar-refractivity contribution in [3.8, 4) is 0 Å². The van der Waals surface area contributed by atoms with Gasteiger partial charge in [0, 0.05) is 4.90 Å². The monoisotopic (exact) mass is 288 g/mol. The van der Waals surface area contributed by atoms with E-state index in [1.54, 1.807) is 24.3 Å². The summed E-state index contributed by atoms with van der Waals surface area (Å²) in [6.45, 7) is 0. The second-order valence-corrected chi connectivity index (χ2v) is 5.22. The molecule has 20 heavy (non-hydrogen) atoms. The fourth-order valence-corrected chi connectivity index (χ4v) is 2.82. The third-order valence-corrected chi connectivity index (χ3v) is 3.93. The fourth-order valence-electron chi connectivity index (χ4n) is 1.80. The molecule has 102 valence electrons. The molecule has 2 aromatic carbocycles. The fraction of sp³-hybridized carbons (Fsp3) is 0.0667. The number of hydrogen-bond acceptors (Lipinski definition) is 3. The van der Waals surface area contributed by atoms with Crippen molar-refractivity contribution in [2.45, 2.75) is 10.1 Å². The van der Waals surface area contributed by atoms with Gasteiger partial charge in [0.2, 0.25) is 0 Å². The lowest BCUT2D eigenvalue weighted by atomic mass is 10.0. The Labute approximate surface area is 120 Å². The Kier molecular flexibility index (Phi) is 4.42. The number of carbonyl (C=O) groups is 2. The van der Waals surface area contributed by atoms with Gasteiger partial charge in [-0.15, -0.1) is 11.8 Å². The molecule has 0 aliphatic carbocycles. The highest BCUT2D eigenvalue weighted by molar-refractivity contribution is 8.00. The van der Waals surface area contributed by atoms with Crippen LogP contribution in [0.5, 0.6) is 0 Å². The lowest BCUT2D eigenvalue weighted by Crippen LogP contribution is -2.12. The Morgan fingerprint density at radius 2 is 1.50 bits per heavy atom. The minimum absolute atomic E-state index is 0.0170. The number of carboxylic acids is 2. The highest BCUT2D eigenvalue weighted by Crippen LogP contribution is 2.36. The summed E-state index contributed by atoms with van der Waals surface area (Å²) in [5.41, 5.74) is 0.310. The van der Waals surface area contributed by atoms with Gasteiger partial charge >= 0.3 is 11.9 Å². The van der Waals surface area contributed by atoms with Crippen LogP contribution in [-0.4, -0.2) is 22.2 Å². The van der Waals surface area contributed by atoms with Crippen molar-refractivity contribution in [2.75, 3.05) is 0 Å². The van der Waals surface area contributed by atoms with E-state index in [1.807, 2.05) is 18.2 Å². The molecule has 0 saturated heterocycles. The maximum atomic E-state index is 11.5. The SMILES string of the molecule is O=C(O)c1ccccc1C(Sc1ccccc1)C(=O)O. The van der Waals surface area contributed by atoms with E-state index in [2.05, 4.69) is 0 Å². The highest BCUT2D eigenvalue weighted by Gasteiger charge is 2.25. The van der Waals surface area contributed by atoms with Crippen LogP contribution in [0.3, 0.4) is 0 Å². The minimum atomic E-state index is -1.12. The second kappa shape index (κ2) is 6.25. The third kappa shape index (κ3) is 3.19. The summed E-state index contributed by atoms with van der Waals surface area (Å²) in [6, 6.07) is 15.2. The Morgan fingerprint density at radius 1 is 0.900 bits per heavy atom. The Balaban J connectivity index is 2.39. The molecule has 4 nitrogen and oxygen atoms in total. The first kappa shape index (κ1) is 14.1. The van der Waals surface area contributed by atoms with E-state index < -0.39 is 17.2 Å². The van der Waals surface area contributed by atoms with Gasteiger partial charge in [0.15, 0.2) is 0 Å². The van der Waals surface area contributed by atoms with Crippen molar-refractivity contribution in [3.05, 3.63) is 65.7 Å². The summed E-state index contributed by atoms with van der Waals surface area (Å²) in [5.74, 6) is -2.19. The number of aliphatic carboxylic acids is 1. The number of benzene rings is 2. The van der Waals surface area contributed by atoms with Crippen LogP contribution < -0.4 is 0 Å². The maximum Gasteiger partial charge on any atom is 0.336 e. The predicted molar refractivity (Wildman–Crippen MR) is 76.1 cm³/mol. The van der Waals surface area contributed by atoms with Crippen molar-refractivity contribution >= 4 is 23.7 Å². The van der Waals surface area contributed by atoms with Crippen LogP contribution in [0, 0.1) is 0 Å². The van der Waals surface area contributed by atoms with Crippen LogP contribution in [-0.2, 0) is 4.79 Å². The van der Waals surface area contributed by atoms with Crippen molar-refractivity contribution in [1.29, 1.82) is 0 Å². The largest absolute Gasteiger partial charge is 0.480 e. The van der Waals surface area contributed by atoms with Gasteiger partial charge < -0.3 is 10.2 Å². The Morgan fingerprint density at radius 3 is 2.10 bits per heavy atom. The molecule has 5 heteroatoms. The van der Waals surface area contributed by atoms with Crippen molar-refractivity contribution in [1.82, 2.24) is 0 Å². The quantitative estimate of drug-likeness (QED) is 0.826. The van der Waals surface area contributed by atoms with Gasteiger partial charge in [-0.2, -0.15) is 0 Å². The molecule has 2 N–H and O–H groups in total. The van der Waals surface area contributed by atoms with Crippen LogP contribution in [0.1, 0.15) is 21.2 Å². The molecule has 0 aliphatic heterocycles. The Hall–Kier alpha value is -2.27. The molecule has 0 fully saturated rings. The Bertz CT molecular complexity index is 625.